The van der Waals surface area contributed by atoms with E-state index in [9.17, 15) is 14.4 Å². The van der Waals surface area contributed by atoms with Crippen LogP contribution in [0.25, 0.3) is 22.7 Å². The third-order valence-electron chi connectivity index (χ3n) is 5.13. The second-order valence-corrected chi connectivity index (χ2v) is 7.39. The molecular weight excluding hydrogens is 454 g/mol. The number of aromatic nitrogens is 4. The molecular formula is C24H23N5O6. The van der Waals surface area contributed by atoms with E-state index in [-0.39, 0.29) is 25.2 Å². The van der Waals surface area contributed by atoms with E-state index in [1.807, 2.05) is 0 Å². The Balaban J connectivity index is 1.44. The van der Waals surface area contributed by atoms with Crippen LogP contribution in [-0.4, -0.2) is 46.2 Å². The van der Waals surface area contributed by atoms with E-state index < -0.39 is 11.5 Å². The van der Waals surface area contributed by atoms with Gasteiger partial charge >= 0.3 is 0 Å². The highest BCUT2D eigenvalue weighted by Crippen LogP contribution is 2.31. The van der Waals surface area contributed by atoms with Crippen molar-refractivity contribution < 1.29 is 18.7 Å². The highest BCUT2D eigenvalue weighted by atomic mass is 16.5. The number of ether oxygens (including phenoxy) is 2. The van der Waals surface area contributed by atoms with Crippen molar-refractivity contribution in [1.82, 2.24) is 24.9 Å². The molecule has 35 heavy (non-hydrogen) atoms. The minimum Gasteiger partial charge on any atom is -0.497 e. The first-order valence-electron chi connectivity index (χ1n) is 10.7. The van der Waals surface area contributed by atoms with Gasteiger partial charge in [0.15, 0.2) is 5.76 Å². The molecule has 0 unspecified atom stereocenters. The fraction of sp³-hybridized carbons (Fsp3) is 0.208. The first-order valence-corrected chi connectivity index (χ1v) is 10.7. The number of furan rings is 1. The molecule has 3 aromatic heterocycles. The van der Waals surface area contributed by atoms with Crippen LogP contribution in [0.5, 0.6) is 11.5 Å². The maximum atomic E-state index is 12.5. The molecule has 0 radical (unpaired) electrons. The topological polar surface area (TPSA) is 130 Å². The Kier molecular flexibility index (Phi) is 7.05. The largest absolute Gasteiger partial charge is 0.497 e. The summed E-state index contributed by atoms with van der Waals surface area (Å²) in [4.78, 5) is 36.9. The van der Waals surface area contributed by atoms with E-state index in [2.05, 4.69) is 15.5 Å². The number of nitrogens with zero attached hydrogens (tertiary/aromatic N) is 4. The lowest BCUT2D eigenvalue weighted by molar-refractivity contribution is -0.121. The number of amides is 1. The Labute approximate surface area is 199 Å². The fourth-order valence-corrected chi connectivity index (χ4v) is 3.38. The SMILES string of the molecule is COc1ccc(OC)c(-c2ccc(=O)n(CC(=O)NCCn3nc(-c4ccco4)ccc3=O)n2)c1. The van der Waals surface area contributed by atoms with E-state index in [0.717, 1.165) is 4.68 Å². The van der Waals surface area contributed by atoms with Crippen molar-refractivity contribution in [3.63, 3.8) is 0 Å². The number of rotatable bonds is 9. The Bertz CT molecular complexity index is 1440. The van der Waals surface area contributed by atoms with Crippen molar-refractivity contribution in [2.24, 2.45) is 0 Å². The first-order chi connectivity index (χ1) is 17.0. The summed E-state index contributed by atoms with van der Waals surface area (Å²) in [5.74, 6) is 1.23. The van der Waals surface area contributed by atoms with Crippen molar-refractivity contribution >= 4 is 5.91 Å². The first kappa shape index (κ1) is 23.5. The summed E-state index contributed by atoms with van der Waals surface area (Å²) in [6.07, 6.45) is 1.52. The maximum absolute atomic E-state index is 12.5. The van der Waals surface area contributed by atoms with Crippen LogP contribution in [-0.2, 0) is 17.9 Å². The van der Waals surface area contributed by atoms with Crippen molar-refractivity contribution in [1.29, 1.82) is 0 Å². The van der Waals surface area contributed by atoms with Crippen LogP contribution in [0, 0.1) is 0 Å². The lowest BCUT2D eigenvalue weighted by Gasteiger charge is -2.12. The number of methoxy groups -OCH3 is 2. The van der Waals surface area contributed by atoms with Crippen LogP contribution >= 0.6 is 0 Å². The molecule has 0 aliphatic rings. The van der Waals surface area contributed by atoms with Gasteiger partial charge in [-0.25, -0.2) is 9.36 Å². The van der Waals surface area contributed by atoms with E-state index in [0.29, 0.717) is 34.2 Å². The van der Waals surface area contributed by atoms with Crippen molar-refractivity contribution in [2.45, 2.75) is 13.1 Å². The molecule has 3 heterocycles. The lowest BCUT2D eigenvalue weighted by atomic mass is 10.1. The summed E-state index contributed by atoms with van der Waals surface area (Å²) in [5, 5.41) is 11.3. The van der Waals surface area contributed by atoms with Crippen LogP contribution in [0.15, 0.2) is 74.9 Å². The molecule has 0 saturated carbocycles. The lowest BCUT2D eigenvalue weighted by Crippen LogP contribution is -2.36. The van der Waals surface area contributed by atoms with Crippen LogP contribution < -0.4 is 25.9 Å². The van der Waals surface area contributed by atoms with Crippen LogP contribution in [0.3, 0.4) is 0 Å². The summed E-state index contributed by atoms with van der Waals surface area (Å²) in [5.41, 5.74) is 0.810. The molecule has 0 bridgehead atoms. The molecule has 0 saturated heterocycles. The molecule has 11 nitrogen and oxygen atoms in total. The Morgan fingerprint density at radius 1 is 0.943 bits per heavy atom. The average molecular weight is 477 g/mol. The van der Waals surface area contributed by atoms with Crippen molar-refractivity contribution in [3.8, 4) is 34.2 Å². The van der Waals surface area contributed by atoms with E-state index in [4.69, 9.17) is 13.9 Å². The predicted molar refractivity (Wildman–Crippen MR) is 126 cm³/mol. The number of nitrogens with one attached hydrogen (secondary N) is 1. The van der Waals surface area contributed by atoms with Gasteiger partial charge in [-0.1, -0.05) is 0 Å². The third kappa shape index (κ3) is 5.46. The van der Waals surface area contributed by atoms with Crippen molar-refractivity contribution in [3.05, 3.63) is 81.6 Å². The molecule has 0 fully saturated rings. The predicted octanol–water partition coefficient (Wildman–Crippen LogP) is 1.56. The molecule has 1 aromatic carbocycles. The molecule has 1 amide bonds. The molecule has 180 valence electrons. The normalized spacial score (nSPS) is 10.7. The monoisotopic (exact) mass is 477 g/mol. The van der Waals surface area contributed by atoms with Crippen LogP contribution in [0.2, 0.25) is 0 Å². The quantitative estimate of drug-likeness (QED) is 0.384. The molecule has 0 spiro atoms. The fourth-order valence-electron chi connectivity index (χ4n) is 3.38. The zero-order valence-corrected chi connectivity index (χ0v) is 19.1. The van der Waals surface area contributed by atoms with Gasteiger partial charge in [0.2, 0.25) is 5.91 Å². The van der Waals surface area contributed by atoms with Gasteiger partial charge in [0.25, 0.3) is 11.1 Å². The number of hydrogen-bond donors (Lipinski definition) is 1. The minimum absolute atomic E-state index is 0.130. The maximum Gasteiger partial charge on any atom is 0.267 e. The Hall–Kier alpha value is -4.67. The molecule has 0 aliphatic heterocycles. The van der Waals surface area contributed by atoms with Crippen LogP contribution in [0.1, 0.15) is 0 Å². The standard InChI is InChI=1S/C24H23N5O6/c1-33-16-5-8-20(34-2)17(14-16)18-6-9-24(32)29(26-18)15-22(30)25-11-12-28-23(31)10-7-19(27-28)21-4-3-13-35-21/h3-10,13-14H,11-12,15H2,1-2H3,(H,25,30). The van der Waals surface area contributed by atoms with Crippen LogP contribution in [0.4, 0.5) is 0 Å². The Morgan fingerprint density at radius 2 is 1.69 bits per heavy atom. The summed E-state index contributed by atoms with van der Waals surface area (Å²) in [6, 6.07) is 14.5. The zero-order valence-electron chi connectivity index (χ0n) is 19.1. The average Bonchev–Trinajstić information content (AvgIpc) is 3.41. The van der Waals surface area contributed by atoms with Gasteiger partial charge in [-0.15, -0.1) is 0 Å². The number of benzene rings is 1. The zero-order chi connectivity index (χ0) is 24.8. The van der Waals surface area contributed by atoms with Gasteiger partial charge < -0.3 is 19.2 Å². The second-order valence-electron chi connectivity index (χ2n) is 7.39. The summed E-state index contributed by atoms with van der Waals surface area (Å²) < 4.78 is 18.2. The minimum atomic E-state index is -0.440. The van der Waals surface area contributed by atoms with Gasteiger partial charge in [-0.05, 0) is 42.5 Å². The summed E-state index contributed by atoms with van der Waals surface area (Å²) in [6.45, 7) is -0.0261. The molecule has 11 heteroatoms. The molecule has 4 aromatic rings. The molecule has 0 atom stereocenters. The van der Waals surface area contributed by atoms with Gasteiger partial charge in [0.05, 0.1) is 32.7 Å². The third-order valence-corrected chi connectivity index (χ3v) is 5.13. The highest BCUT2D eigenvalue weighted by Gasteiger charge is 2.13. The number of carbonyl (C=O) groups excluding carboxylic acids is 1. The summed E-state index contributed by atoms with van der Waals surface area (Å²) in [7, 11) is 3.07. The second kappa shape index (κ2) is 10.5. The molecule has 4 rings (SSSR count). The van der Waals surface area contributed by atoms with Crippen molar-refractivity contribution in [2.75, 3.05) is 20.8 Å². The van der Waals surface area contributed by atoms with Gasteiger partial charge in [0.1, 0.15) is 23.7 Å². The summed E-state index contributed by atoms with van der Waals surface area (Å²) >= 11 is 0. The molecule has 0 aliphatic carbocycles. The van der Waals surface area contributed by atoms with E-state index in [1.165, 1.54) is 30.2 Å². The highest BCUT2D eigenvalue weighted by molar-refractivity contribution is 5.75. The molecule has 1 N–H and O–H groups in total. The van der Waals surface area contributed by atoms with Gasteiger partial charge in [-0.3, -0.25) is 14.4 Å². The number of carbonyl (C=O) groups is 1. The smallest absolute Gasteiger partial charge is 0.267 e. The van der Waals surface area contributed by atoms with E-state index in [1.54, 1.807) is 49.6 Å². The van der Waals surface area contributed by atoms with E-state index >= 15 is 0 Å². The van der Waals surface area contributed by atoms with Gasteiger partial charge in [-0.2, -0.15) is 10.2 Å². The Morgan fingerprint density at radius 3 is 2.40 bits per heavy atom. The number of hydrogen-bond acceptors (Lipinski definition) is 8. The van der Waals surface area contributed by atoms with Gasteiger partial charge in [0, 0.05) is 24.2 Å².